The minimum absolute atomic E-state index is 0.0316. The van der Waals surface area contributed by atoms with E-state index >= 15 is 0 Å². The second kappa shape index (κ2) is 12.0. The highest BCUT2D eigenvalue weighted by molar-refractivity contribution is 7.52. The lowest BCUT2D eigenvalue weighted by atomic mass is 10.1. The molecule has 0 aromatic heterocycles. The van der Waals surface area contributed by atoms with Crippen molar-refractivity contribution in [1.82, 2.24) is 5.32 Å². The Morgan fingerprint density at radius 2 is 1.80 bits per heavy atom. The van der Waals surface area contributed by atoms with Crippen LogP contribution >= 0.6 is 7.60 Å². The van der Waals surface area contributed by atoms with Gasteiger partial charge in [0.1, 0.15) is 6.04 Å². The maximum atomic E-state index is 11.9. The highest BCUT2D eigenvalue weighted by Crippen LogP contribution is 2.44. The number of carboxylic acid groups (broad SMARTS) is 2. The van der Waals surface area contributed by atoms with Gasteiger partial charge in [-0.1, -0.05) is 13.8 Å². The molecule has 0 aromatic rings. The molecular weight excluding hydrogens is 357 g/mol. The van der Waals surface area contributed by atoms with E-state index in [4.69, 9.17) is 14.7 Å². The van der Waals surface area contributed by atoms with Gasteiger partial charge in [0.05, 0.1) is 25.3 Å². The Kier molecular flexibility index (Phi) is 11.3. The Balaban J connectivity index is 4.36. The highest BCUT2D eigenvalue weighted by atomic mass is 31.2. The largest absolute Gasteiger partial charge is 0.481 e. The summed E-state index contributed by atoms with van der Waals surface area (Å²) in [4.78, 5) is 41.9. The molecule has 3 atom stereocenters. The Bertz CT molecular complexity index is 483. The molecule has 2 unspecified atom stereocenters. The van der Waals surface area contributed by atoms with Gasteiger partial charge in [-0.25, -0.2) is 0 Å². The fourth-order valence-corrected chi connectivity index (χ4v) is 3.47. The van der Waals surface area contributed by atoms with Crippen LogP contribution in [0.15, 0.2) is 0 Å². The van der Waals surface area contributed by atoms with Crippen molar-refractivity contribution in [2.24, 2.45) is 5.92 Å². The van der Waals surface area contributed by atoms with E-state index in [2.05, 4.69) is 10.1 Å². The number of aliphatic carboxylic acids is 2. The van der Waals surface area contributed by atoms with Crippen molar-refractivity contribution in [2.45, 2.75) is 45.2 Å². The van der Waals surface area contributed by atoms with Crippen LogP contribution in [0.2, 0.25) is 0 Å². The fraction of sp³-hybridized carbons (Fsp3) is 0.786. The zero-order valence-electron chi connectivity index (χ0n) is 14.3. The van der Waals surface area contributed by atoms with Crippen LogP contribution in [-0.4, -0.2) is 65.0 Å². The summed E-state index contributed by atoms with van der Waals surface area (Å²) in [6.07, 6.45) is -0.311. The third-order valence-electron chi connectivity index (χ3n) is 3.22. The summed E-state index contributed by atoms with van der Waals surface area (Å²) in [6.45, 7) is 3.41. The molecule has 10 nitrogen and oxygen atoms in total. The van der Waals surface area contributed by atoms with Gasteiger partial charge >= 0.3 is 19.5 Å². The van der Waals surface area contributed by atoms with Crippen LogP contribution < -0.4 is 5.32 Å². The number of carbonyl (C=O) groups is 3. The SMILES string of the molecule is CC(C)N[C@@H](CCCOP(=O)(O)CC(CCOC=O)C(=O)O)C(=O)O. The summed E-state index contributed by atoms with van der Waals surface area (Å²) in [5, 5.41) is 20.9. The van der Waals surface area contributed by atoms with Crippen LogP contribution in [0.5, 0.6) is 0 Å². The van der Waals surface area contributed by atoms with Crippen molar-refractivity contribution in [2.75, 3.05) is 19.4 Å². The Morgan fingerprint density at radius 1 is 1.16 bits per heavy atom. The van der Waals surface area contributed by atoms with Crippen LogP contribution in [-0.2, 0) is 28.2 Å². The first kappa shape index (κ1) is 23.5. The Hall–Kier alpha value is -1.48. The molecule has 0 amide bonds. The maximum absolute atomic E-state index is 11.9. The van der Waals surface area contributed by atoms with Gasteiger partial charge in [0.15, 0.2) is 0 Å². The van der Waals surface area contributed by atoms with E-state index in [-0.39, 0.29) is 45.0 Å². The van der Waals surface area contributed by atoms with Crippen molar-refractivity contribution in [3.05, 3.63) is 0 Å². The van der Waals surface area contributed by atoms with Gasteiger partial charge in [-0.05, 0) is 19.3 Å². The number of carbonyl (C=O) groups excluding carboxylic acids is 1. The number of nitrogens with one attached hydrogen (secondary N) is 1. The van der Waals surface area contributed by atoms with Gasteiger partial charge in [0, 0.05) is 6.04 Å². The minimum Gasteiger partial charge on any atom is -0.481 e. The van der Waals surface area contributed by atoms with E-state index in [1.807, 2.05) is 0 Å². The molecule has 0 aliphatic heterocycles. The summed E-state index contributed by atoms with van der Waals surface area (Å²) < 4.78 is 21.2. The molecule has 0 fully saturated rings. The topological polar surface area (TPSA) is 159 Å². The second-order valence-corrected chi connectivity index (χ2v) is 7.70. The quantitative estimate of drug-likeness (QED) is 0.180. The number of rotatable bonds is 15. The zero-order valence-corrected chi connectivity index (χ0v) is 15.2. The summed E-state index contributed by atoms with van der Waals surface area (Å²) in [6, 6.07) is -0.829. The van der Waals surface area contributed by atoms with Crippen molar-refractivity contribution >= 4 is 26.0 Å². The molecule has 25 heavy (non-hydrogen) atoms. The van der Waals surface area contributed by atoms with Gasteiger partial charge in [-0.15, -0.1) is 0 Å². The summed E-state index contributed by atoms with van der Waals surface area (Å²) in [7, 11) is -4.15. The summed E-state index contributed by atoms with van der Waals surface area (Å²) in [5.41, 5.74) is 0. The number of ether oxygens (including phenoxy) is 1. The predicted molar refractivity (Wildman–Crippen MR) is 87.3 cm³/mol. The smallest absolute Gasteiger partial charge is 0.328 e. The zero-order chi connectivity index (χ0) is 19.5. The average molecular weight is 383 g/mol. The standard InChI is InChI=1S/C14H26NO9P/c1-10(2)15-12(14(19)20)4-3-6-24-25(21,22)8-11(13(17)18)5-7-23-9-16/h9-12,15H,3-8H2,1-2H3,(H,17,18)(H,19,20)(H,21,22)/t11?,12-/m0/s1. The Morgan fingerprint density at radius 3 is 2.28 bits per heavy atom. The molecule has 4 N–H and O–H groups in total. The van der Waals surface area contributed by atoms with Gasteiger partial charge in [0.2, 0.25) is 0 Å². The van der Waals surface area contributed by atoms with Crippen molar-refractivity contribution in [1.29, 1.82) is 0 Å². The van der Waals surface area contributed by atoms with Crippen molar-refractivity contribution in [3.63, 3.8) is 0 Å². The van der Waals surface area contributed by atoms with E-state index in [1.165, 1.54) is 0 Å². The first-order chi connectivity index (χ1) is 11.6. The van der Waals surface area contributed by atoms with Crippen molar-refractivity contribution < 1.29 is 43.3 Å². The highest BCUT2D eigenvalue weighted by Gasteiger charge is 2.30. The molecular formula is C14H26NO9P. The molecule has 0 spiro atoms. The lowest BCUT2D eigenvalue weighted by Gasteiger charge is -2.19. The lowest BCUT2D eigenvalue weighted by molar-refractivity contribution is -0.143. The fourth-order valence-electron chi connectivity index (χ4n) is 2.06. The van der Waals surface area contributed by atoms with Crippen LogP contribution in [0.4, 0.5) is 0 Å². The molecule has 0 aromatic carbocycles. The second-order valence-electron chi connectivity index (χ2n) is 5.80. The summed E-state index contributed by atoms with van der Waals surface area (Å²) >= 11 is 0. The third-order valence-corrected chi connectivity index (χ3v) is 4.70. The Labute approximate surface area is 146 Å². The van der Waals surface area contributed by atoms with Gasteiger partial charge < -0.3 is 29.7 Å². The minimum atomic E-state index is -4.15. The normalized spacial score (nSPS) is 16.0. The number of hydrogen-bond donors (Lipinski definition) is 4. The first-order valence-electron chi connectivity index (χ1n) is 7.82. The van der Waals surface area contributed by atoms with Crippen molar-refractivity contribution in [3.8, 4) is 0 Å². The van der Waals surface area contributed by atoms with Crippen LogP contribution in [0.3, 0.4) is 0 Å². The third kappa shape index (κ3) is 11.7. The predicted octanol–water partition coefficient (Wildman–Crippen LogP) is 0.684. The van der Waals surface area contributed by atoms with E-state index in [1.54, 1.807) is 13.8 Å². The molecule has 0 aliphatic rings. The van der Waals surface area contributed by atoms with Crippen LogP contribution in [0, 0.1) is 5.92 Å². The van der Waals surface area contributed by atoms with E-state index in [9.17, 15) is 23.8 Å². The van der Waals surface area contributed by atoms with Crippen LogP contribution in [0.1, 0.15) is 33.1 Å². The van der Waals surface area contributed by atoms with Gasteiger partial charge in [-0.2, -0.15) is 0 Å². The molecule has 0 saturated carbocycles. The molecule has 0 aliphatic carbocycles. The first-order valence-corrected chi connectivity index (χ1v) is 9.58. The molecule has 11 heteroatoms. The number of hydrogen-bond acceptors (Lipinski definition) is 7. The lowest BCUT2D eigenvalue weighted by Crippen LogP contribution is -2.40. The van der Waals surface area contributed by atoms with Crippen LogP contribution in [0.25, 0.3) is 0 Å². The molecule has 0 saturated heterocycles. The van der Waals surface area contributed by atoms with E-state index in [0.29, 0.717) is 0 Å². The monoisotopic (exact) mass is 383 g/mol. The molecule has 0 heterocycles. The average Bonchev–Trinajstić information content (AvgIpc) is 2.48. The maximum Gasteiger partial charge on any atom is 0.328 e. The van der Waals surface area contributed by atoms with E-state index < -0.39 is 37.7 Å². The van der Waals surface area contributed by atoms with Gasteiger partial charge in [-0.3, -0.25) is 18.9 Å². The molecule has 0 rings (SSSR count). The molecule has 146 valence electrons. The van der Waals surface area contributed by atoms with Gasteiger partial charge in [0.25, 0.3) is 6.47 Å². The number of carboxylic acids is 2. The molecule has 0 radical (unpaired) electrons. The molecule has 0 bridgehead atoms. The summed E-state index contributed by atoms with van der Waals surface area (Å²) in [5.74, 6) is -3.51. The van der Waals surface area contributed by atoms with E-state index in [0.717, 1.165) is 0 Å².